The van der Waals surface area contributed by atoms with Gasteiger partial charge in [-0.05, 0) is 36.6 Å². The van der Waals surface area contributed by atoms with Crippen LogP contribution in [0.4, 0.5) is 0 Å². The molecule has 0 saturated carbocycles. The maximum atomic E-state index is 12.5. The van der Waals surface area contributed by atoms with E-state index in [0.29, 0.717) is 24.7 Å². The van der Waals surface area contributed by atoms with Crippen molar-refractivity contribution in [2.45, 2.75) is 25.3 Å². The predicted molar refractivity (Wildman–Crippen MR) is 95.5 cm³/mol. The second-order valence-electron chi connectivity index (χ2n) is 6.45. The van der Waals surface area contributed by atoms with Crippen LogP contribution < -0.4 is 0 Å². The normalized spacial score (nSPS) is 15.2. The van der Waals surface area contributed by atoms with Gasteiger partial charge in [-0.15, -0.1) is 5.10 Å². The molecule has 0 spiro atoms. The second-order valence-corrected chi connectivity index (χ2v) is 6.45. The molecule has 1 fully saturated rings. The molecular formula is C19H20N6O. The molecule has 0 bridgehead atoms. The van der Waals surface area contributed by atoms with E-state index in [1.807, 2.05) is 29.6 Å². The van der Waals surface area contributed by atoms with E-state index in [1.54, 1.807) is 24.5 Å². The van der Waals surface area contributed by atoms with Crippen molar-refractivity contribution in [3.8, 4) is 0 Å². The minimum Gasteiger partial charge on any atom is -0.337 e. The van der Waals surface area contributed by atoms with Crippen molar-refractivity contribution in [2.24, 2.45) is 0 Å². The lowest BCUT2D eigenvalue weighted by Gasteiger charge is -2.31. The minimum atomic E-state index is -0.0461. The smallest absolute Gasteiger partial charge is 0.274 e. The van der Waals surface area contributed by atoms with E-state index in [9.17, 15) is 4.79 Å². The van der Waals surface area contributed by atoms with Gasteiger partial charge in [-0.2, -0.15) is 5.10 Å². The van der Waals surface area contributed by atoms with Crippen LogP contribution in [0.3, 0.4) is 0 Å². The highest BCUT2D eigenvalue weighted by atomic mass is 16.2. The highest BCUT2D eigenvalue weighted by Crippen LogP contribution is 2.27. The van der Waals surface area contributed by atoms with Crippen LogP contribution in [0.15, 0.2) is 55.2 Å². The number of hydrogen-bond donors (Lipinski definition) is 0. The zero-order valence-corrected chi connectivity index (χ0v) is 14.4. The van der Waals surface area contributed by atoms with Gasteiger partial charge < -0.3 is 9.47 Å². The molecule has 4 rings (SSSR count). The quantitative estimate of drug-likeness (QED) is 0.722. The number of carbonyl (C=O) groups excluding carboxylic acids is 1. The Morgan fingerprint density at radius 3 is 2.69 bits per heavy atom. The number of hydrogen-bond acceptors (Lipinski definition) is 5. The highest BCUT2D eigenvalue weighted by molar-refractivity contribution is 5.92. The fraction of sp³-hybridized carbons (Fsp3) is 0.316. The molecule has 3 aromatic rings. The minimum absolute atomic E-state index is 0.0461. The molecule has 0 aromatic carbocycles. The maximum absolute atomic E-state index is 12.5. The number of carbonyl (C=O) groups is 1. The average molecular weight is 348 g/mol. The third-order valence-corrected chi connectivity index (χ3v) is 4.76. The zero-order chi connectivity index (χ0) is 17.8. The standard InChI is InChI=1S/C19H20N6O/c26-19(17-4-2-8-22-23-17)24-10-5-16(6-11-24)18-21-9-12-25(18)14-15-3-1-7-20-13-15/h1-4,7-9,12-13,16H,5-6,10-11,14H2. The van der Waals surface area contributed by atoms with Crippen molar-refractivity contribution >= 4 is 5.91 Å². The van der Waals surface area contributed by atoms with E-state index in [4.69, 9.17) is 0 Å². The molecule has 132 valence electrons. The topological polar surface area (TPSA) is 76.8 Å². The molecule has 3 aromatic heterocycles. The lowest BCUT2D eigenvalue weighted by Crippen LogP contribution is -2.38. The van der Waals surface area contributed by atoms with Crippen LogP contribution in [0.1, 0.15) is 40.6 Å². The van der Waals surface area contributed by atoms with Crippen LogP contribution in [0.2, 0.25) is 0 Å². The van der Waals surface area contributed by atoms with Gasteiger partial charge in [0.1, 0.15) is 5.82 Å². The van der Waals surface area contributed by atoms with Crippen LogP contribution in [0.25, 0.3) is 0 Å². The van der Waals surface area contributed by atoms with Gasteiger partial charge in [-0.3, -0.25) is 9.78 Å². The van der Waals surface area contributed by atoms with E-state index in [1.165, 1.54) is 0 Å². The molecule has 1 aliphatic heterocycles. The summed E-state index contributed by atoms with van der Waals surface area (Å²) in [6.45, 7) is 2.18. The predicted octanol–water partition coefficient (Wildman–Crippen LogP) is 2.14. The van der Waals surface area contributed by atoms with Crippen LogP contribution in [0.5, 0.6) is 0 Å². The maximum Gasteiger partial charge on any atom is 0.274 e. The number of imidazole rings is 1. The van der Waals surface area contributed by atoms with Crippen LogP contribution >= 0.6 is 0 Å². The molecule has 0 atom stereocenters. The largest absolute Gasteiger partial charge is 0.337 e. The SMILES string of the molecule is O=C(c1cccnn1)N1CCC(c2nccn2Cc2cccnc2)CC1. The molecule has 1 saturated heterocycles. The fourth-order valence-electron chi connectivity index (χ4n) is 3.42. The van der Waals surface area contributed by atoms with Gasteiger partial charge in [0.15, 0.2) is 5.69 Å². The highest BCUT2D eigenvalue weighted by Gasteiger charge is 2.27. The number of nitrogens with zero attached hydrogens (tertiary/aromatic N) is 6. The summed E-state index contributed by atoms with van der Waals surface area (Å²) < 4.78 is 2.18. The van der Waals surface area contributed by atoms with E-state index in [2.05, 4.69) is 30.8 Å². The third kappa shape index (κ3) is 3.46. The summed E-state index contributed by atoms with van der Waals surface area (Å²) in [6, 6.07) is 7.46. The summed E-state index contributed by atoms with van der Waals surface area (Å²) >= 11 is 0. The first-order valence-electron chi connectivity index (χ1n) is 8.78. The summed E-state index contributed by atoms with van der Waals surface area (Å²) in [6.07, 6.45) is 10.9. The first kappa shape index (κ1) is 16.4. The summed E-state index contributed by atoms with van der Waals surface area (Å²) in [4.78, 5) is 23.1. The van der Waals surface area contributed by atoms with E-state index < -0.39 is 0 Å². The number of likely N-dealkylation sites (tertiary alicyclic amines) is 1. The molecule has 7 nitrogen and oxygen atoms in total. The molecule has 0 N–H and O–H groups in total. The third-order valence-electron chi connectivity index (χ3n) is 4.76. The Bertz CT molecular complexity index is 856. The van der Waals surface area contributed by atoms with Gasteiger partial charge in [-0.25, -0.2) is 4.98 Å². The molecule has 1 amide bonds. The molecule has 26 heavy (non-hydrogen) atoms. The number of aromatic nitrogens is 5. The van der Waals surface area contributed by atoms with E-state index >= 15 is 0 Å². The van der Waals surface area contributed by atoms with Gasteiger partial charge in [0, 0.05) is 50.0 Å². The van der Waals surface area contributed by atoms with Crippen molar-refractivity contribution in [1.82, 2.24) is 29.6 Å². The molecule has 0 aliphatic carbocycles. The van der Waals surface area contributed by atoms with Crippen molar-refractivity contribution in [3.05, 3.63) is 72.3 Å². The Kier molecular flexibility index (Phi) is 4.68. The van der Waals surface area contributed by atoms with Crippen LogP contribution in [-0.4, -0.2) is 48.6 Å². The number of rotatable bonds is 4. The van der Waals surface area contributed by atoms with Crippen molar-refractivity contribution in [2.75, 3.05) is 13.1 Å². The Labute approximate surface area is 151 Å². The fourth-order valence-corrected chi connectivity index (χ4v) is 3.42. The lowest BCUT2D eigenvalue weighted by atomic mass is 9.95. The molecule has 7 heteroatoms. The summed E-state index contributed by atoms with van der Waals surface area (Å²) in [5.74, 6) is 1.39. The molecule has 4 heterocycles. The first-order chi connectivity index (χ1) is 12.8. The average Bonchev–Trinajstić information content (AvgIpc) is 3.17. The van der Waals surface area contributed by atoms with Gasteiger partial charge in [0.25, 0.3) is 5.91 Å². The summed E-state index contributed by atoms with van der Waals surface area (Å²) in [7, 11) is 0. The van der Waals surface area contributed by atoms with Crippen LogP contribution in [0, 0.1) is 0 Å². The lowest BCUT2D eigenvalue weighted by molar-refractivity contribution is 0.0703. The van der Waals surface area contributed by atoms with Crippen molar-refractivity contribution < 1.29 is 4.79 Å². The molecule has 1 aliphatic rings. The Morgan fingerprint density at radius 2 is 1.96 bits per heavy atom. The van der Waals surface area contributed by atoms with Gasteiger partial charge >= 0.3 is 0 Å². The summed E-state index contributed by atoms with van der Waals surface area (Å²) in [5.41, 5.74) is 1.56. The monoisotopic (exact) mass is 348 g/mol. The molecule has 0 unspecified atom stereocenters. The molecule has 0 radical (unpaired) electrons. The van der Waals surface area contributed by atoms with E-state index in [-0.39, 0.29) is 5.91 Å². The number of piperidine rings is 1. The number of amides is 1. The zero-order valence-electron chi connectivity index (χ0n) is 14.4. The van der Waals surface area contributed by atoms with Gasteiger partial charge in [-0.1, -0.05) is 6.07 Å². The Morgan fingerprint density at radius 1 is 1.12 bits per heavy atom. The van der Waals surface area contributed by atoms with Crippen molar-refractivity contribution in [1.29, 1.82) is 0 Å². The second kappa shape index (κ2) is 7.43. The first-order valence-corrected chi connectivity index (χ1v) is 8.78. The Hall–Kier alpha value is -3.09. The number of pyridine rings is 1. The van der Waals surface area contributed by atoms with Gasteiger partial charge in [0.2, 0.25) is 0 Å². The van der Waals surface area contributed by atoms with Crippen LogP contribution in [-0.2, 0) is 6.54 Å². The summed E-state index contributed by atoms with van der Waals surface area (Å²) in [5, 5.41) is 7.71. The van der Waals surface area contributed by atoms with Crippen molar-refractivity contribution in [3.63, 3.8) is 0 Å². The molecular weight excluding hydrogens is 328 g/mol. The van der Waals surface area contributed by atoms with Gasteiger partial charge in [0.05, 0.1) is 6.54 Å². The Balaban J connectivity index is 1.41. The van der Waals surface area contributed by atoms with E-state index in [0.717, 1.165) is 30.8 Å².